The molecule has 0 aliphatic carbocycles. The van der Waals surface area contributed by atoms with Gasteiger partial charge in [0.15, 0.2) is 5.71 Å². The summed E-state index contributed by atoms with van der Waals surface area (Å²) in [7, 11) is 3.71. The Morgan fingerprint density at radius 2 is 1.89 bits per heavy atom. The number of esters is 1. The maximum Gasteiger partial charge on any atom is 0.357 e. The second-order valence-corrected chi connectivity index (χ2v) is 4.11. The van der Waals surface area contributed by atoms with Gasteiger partial charge in [0, 0.05) is 32.3 Å². The Labute approximate surface area is 112 Å². The second-order valence-electron chi connectivity index (χ2n) is 4.11. The van der Waals surface area contributed by atoms with Crippen LogP contribution in [-0.4, -0.2) is 38.3 Å². The molecule has 0 bridgehead atoms. The highest BCUT2D eigenvalue weighted by molar-refractivity contribution is 6.45. The second kappa shape index (κ2) is 6.68. The molecule has 1 amide bonds. The lowest BCUT2D eigenvalue weighted by molar-refractivity contribution is -0.135. The third kappa shape index (κ3) is 3.91. The first-order chi connectivity index (χ1) is 8.97. The predicted octanol–water partition coefficient (Wildman–Crippen LogP) is 1.65. The van der Waals surface area contributed by atoms with Gasteiger partial charge in [0.1, 0.15) is 0 Å². The zero-order valence-corrected chi connectivity index (χ0v) is 11.6. The Morgan fingerprint density at radius 3 is 2.42 bits per heavy atom. The summed E-state index contributed by atoms with van der Waals surface area (Å²) in [5.74, 6) is -1.02. The van der Waals surface area contributed by atoms with Crippen molar-refractivity contribution in [3.8, 4) is 0 Å². The zero-order valence-electron chi connectivity index (χ0n) is 11.6. The van der Waals surface area contributed by atoms with Gasteiger partial charge in [0.05, 0.1) is 6.61 Å². The van der Waals surface area contributed by atoms with Crippen molar-refractivity contribution in [1.29, 1.82) is 0 Å². The summed E-state index contributed by atoms with van der Waals surface area (Å²) in [6.07, 6.45) is 0. The molecule has 0 heterocycles. The number of carbonyl (C=O) groups is 2. The average molecular weight is 262 g/mol. The third-order valence-electron chi connectivity index (χ3n) is 2.38. The minimum atomic E-state index is -0.591. The molecule has 0 radical (unpaired) electrons. The van der Waals surface area contributed by atoms with Crippen LogP contribution >= 0.6 is 0 Å². The number of rotatable bonds is 4. The van der Waals surface area contributed by atoms with E-state index in [4.69, 9.17) is 4.74 Å². The maximum absolute atomic E-state index is 11.9. The van der Waals surface area contributed by atoms with Gasteiger partial charge < -0.3 is 9.64 Å². The van der Waals surface area contributed by atoms with Crippen molar-refractivity contribution >= 4 is 23.3 Å². The van der Waals surface area contributed by atoms with Crippen molar-refractivity contribution in [1.82, 2.24) is 0 Å². The highest BCUT2D eigenvalue weighted by Crippen LogP contribution is 2.19. The number of amides is 1. The fourth-order valence-corrected chi connectivity index (χ4v) is 1.64. The molecule has 102 valence electrons. The molecule has 5 nitrogen and oxygen atoms in total. The molecule has 0 saturated carbocycles. The van der Waals surface area contributed by atoms with Crippen molar-refractivity contribution in [2.24, 2.45) is 4.99 Å². The van der Waals surface area contributed by atoms with E-state index in [1.54, 1.807) is 19.1 Å². The number of carbonyl (C=O) groups excluding carboxylic acids is 2. The molecule has 1 rings (SSSR count). The van der Waals surface area contributed by atoms with Crippen LogP contribution in [0.5, 0.6) is 0 Å². The number of hydrogen-bond donors (Lipinski definition) is 0. The summed E-state index contributed by atoms with van der Waals surface area (Å²) >= 11 is 0. The molecule has 19 heavy (non-hydrogen) atoms. The lowest BCUT2D eigenvalue weighted by Crippen LogP contribution is -2.23. The van der Waals surface area contributed by atoms with E-state index in [9.17, 15) is 9.59 Å². The zero-order chi connectivity index (χ0) is 14.4. The largest absolute Gasteiger partial charge is 0.461 e. The van der Waals surface area contributed by atoms with Gasteiger partial charge >= 0.3 is 5.97 Å². The molecule has 0 aromatic heterocycles. The Morgan fingerprint density at radius 1 is 1.26 bits per heavy atom. The van der Waals surface area contributed by atoms with Crippen LogP contribution in [0, 0.1) is 0 Å². The standard InChI is InChI=1S/C14H18N2O3/c1-5-19-14(18)13(15-10(2)17)11-8-6-7-9-12(11)16(3)4/h6-9H,5H2,1-4H3. The van der Waals surface area contributed by atoms with Gasteiger partial charge in [-0.3, -0.25) is 4.79 Å². The van der Waals surface area contributed by atoms with Crippen LogP contribution in [-0.2, 0) is 14.3 Å². The molecule has 0 spiro atoms. The van der Waals surface area contributed by atoms with Gasteiger partial charge in [-0.25, -0.2) is 9.79 Å². The smallest absolute Gasteiger partial charge is 0.357 e. The van der Waals surface area contributed by atoms with Crippen molar-refractivity contribution in [3.63, 3.8) is 0 Å². The number of aliphatic imine (C=N–C) groups is 1. The number of nitrogens with zero attached hydrogens (tertiary/aromatic N) is 2. The van der Waals surface area contributed by atoms with Crippen molar-refractivity contribution in [2.45, 2.75) is 13.8 Å². The summed E-state index contributed by atoms with van der Waals surface area (Å²) in [6.45, 7) is 3.25. The van der Waals surface area contributed by atoms with Crippen LogP contribution < -0.4 is 4.90 Å². The topological polar surface area (TPSA) is 59.0 Å². The van der Waals surface area contributed by atoms with Crippen LogP contribution in [0.3, 0.4) is 0 Å². The quantitative estimate of drug-likeness (QED) is 0.611. The number of anilines is 1. The first-order valence-electron chi connectivity index (χ1n) is 6.00. The number of ether oxygens (including phenoxy) is 1. The van der Waals surface area contributed by atoms with E-state index in [2.05, 4.69) is 4.99 Å². The normalized spacial score (nSPS) is 11.1. The lowest BCUT2D eigenvalue weighted by Gasteiger charge is -2.17. The lowest BCUT2D eigenvalue weighted by atomic mass is 10.1. The van der Waals surface area contributed by atoms with Crippen LogP contribution in [0.1, 0.15) is 19.4 Å². The third-order valence-corrected chi connectivity index (χ3v) is 2.38. The summed E-state index contributed by atoms with van der Waals surface area (Å²) in [4.78, 5) is 28.8. The molecular formula is C14H18N2O3. The Hall–Kier alpha value is -2.17. The molecule has 0 unspecified atom stereocenters. The van der Waals surface area contributed by atoms with E-state index in [-0.39, 0.29) is 12.3 Å². The molecule has 1 aromatic carbocycles. The summed E-state index contributed by atoms with van der Waals surface area (Å²) in [6, 6.07) is 7.24. The van der Waals surface area contributed by atoms with Crippen molar-refractivity contribution in [3.05, 3.63) is 29.8 Å². The summed E-state index contributed by atoms with van der Waals surface area (Å²) in [5, 5.41) is 0. The van der Waals surface area contributed by atoms with Crippen LogP contribution in [0.15, 0.2) is 29.3 Å². The Balaban J connectivity index is 3.34. The van der Waals surface area contributed by atoms with Crippen molar-refractivity contribution in [2.75, 3.05) is 25.6 Å². The molecule has 1 aromatic rings. The fourth-order valence-electron chi connectivity index (χ4n) is 1.64. The Bertz CT molecular complexity index is 507. The van der Waals surface area contributed by atoms with Gasteiger partial charge in [-0.1, -0.05) is 18.2 Å². The maximum atomic E-state index is 11.9. The van der Waals surface area contributed by atoms with E-state index in [0.29, 0.717) is 5.56 Å². The molecule has 0 N–H and O–H groups in total. The van der Waals surface area contributed by atoms with Gasteiger partial charge in [0.25, 0.3) is 0 Å². The van der Waals surface area contributed by atoms with E-state index in [1.807, 2.05) is 31.1 Å². The summed E-state index contributed by atoms with van der Waals surface area (Å²) < 4.78 is 4.95. The first-order valence-corrected chi connectivity index (χ1v) is 6.00. The van der Waals surface area contributed by atoms with Crippen molar-refractivity contribution < 1.29 is 14.3 Å². The fraction of sp³-hybridized carbons (Fsp3) is 0.357. The SMILES string of the molecule is CCOC(=O)C(=NC(C)=O)c1ccccc1N(C)C. The Kier molecular flexibility index (Phi) is 5.23. The minimum Gasteiger partial charge on any atom is -0.461 e. The summed E-state index contributed by atoms with van der Waals surface area (Å²) in [5.41, 5.74) is 1.43. The highest BCUT2D eigenvalue weighted by atomic mass is 16.5. The molecule has 0 atom stereocenters. The van der Waals surface area contributed by atoms with Gasteiger partial charge in [-0.05, 0) is 13.0 Å². The van der Waals surface area contributed by atoms with E-state index in [0.717, 1.165) is 5.69 Å². The molecule has 0 fully saturated rings. The molecule has 5 heteroatoms. The van der Waals surface area contributed by atoms with Crippen LogP contribution in [0.25, 0.3) is 0 Å². The highest BCUT2D eigenvalue weighted by Gasteiger charge is 2.20. The van der Waals surface area contributed by atoms with E-state index in [1.165, 1.54) is 6.92 Å². The minimum absolute atomic E-state index is 0.0404. The van der Waals surface area contributed by atoms with Crippen LogP contribution in [0.2, 0.25) is 0 Å². The average Bonchev–Trinajstić information content (AvgIpc) is 2.36. The number of para-hydroxylation sites is 1. The first kappa shape index (κ1) is 14.9. The predicted molar refractivity (Wildman–Crippen MR) is 74.6 cm³/mol. The molecular weight excluding hydrogens is 244 g/mol. The molecule has 0 aliphatic rings. The van der Waals surface area contributed by atoms with Gasteiger partial charge in [-0.2, -0.15) is 0 Å². The molecule has 0 saturated heterocycles. The van der Waals surface area contributed by atoms with Gasteiger partial charge in [0.2, 0.25) is 5.91 Å². The molecule has 0 aliphatic heterocycles. The monoisotopic (exact) mass is 262 g/mol. The van der Waals surface area contributed by atoms with Crippen LogP contribution in [0.4, 0.5) is 5.69 Å². The van der Waals surface area contributed by atoms with E-state index < -0.39 is 11.9 Å². The number of hydrogen-bond acceptors (Lipinski definition) is 4. The number of benzene rings is 1. The van der Waals surface area contributed by atoms with E-state index >= 15 is 0 Å². The van der Waals surface area contributed by atoms with Gasteiger partial charge in [-0.15, -0.1) is 0 Å².